The van der Waals surface area contributed by atoms with Gasteiger partial charge >= 0.3 is 0 Å². The van der Waals surface area contributed by atoms with E-state index in [1.807, 2.05) is 0 Å². The minimum atomic E-state index is 0.137. The third kappa shape index (κ3) is 2.83. The molecule has 1 unspecified atom stereocenters. The molecule has 19 heavy (non-hydrogen) atoms. The number of hydrogen-bond donors (Lipinski definition) is 2. The highest BCUT2D eigenvalue weighted by molar-refractivity contribution is 5.83. The summed E-state index contributed by atoms with van der Waals surface area (Å²) in [4.78, 5) is 9.13. The second-order valence-corrected chi connectivity index (χ2v) is 5.43. The molecule has 2 atom stereocenters. The molecule has 0 aromatic rings. The highest BCUT2D eigenvalue weighted by Gasteiger charge is 2.35. The van der Waals surface area contributed by atoms with Crippen LogP contribution in [0.25, 0.3) is 0 Å². The molecule has 0 radical (unpaired) electrons. The fourth-order valence-corrected chi connectivity index (χ4v) is 3.09. The first kappa shape index (κ1) is 14.5. The molecule has 0 aromatic heterocycles. The normalized spacial score (nSPS) is 27.1. The van der Waals surface area contributed by atoms with Gasteiger partial charge in [0.25, 0.3) is 0 Å². The molecule has 2 N–H and O–H groups in total. The van der Waals surface area contributed by atoms with E-state index in [0.29, 0.717) is 19.1 Å². The van der Waals surface area contributed by atoms with Gasteiger partial charge in [0.2, 0.25) is 0 Å². The highest BCUT2D eigenvalue weighted by Crippen LogP contribution is 2.33. The van der Waals surface area contributed by atoms with E-state index < -0.39 is 0 Å². The molecule has 2 heterocycles. The zero-order valence-corrected chi connectivity index (χ0v) is 12.1. The maximum atomic E-state index is 9.16. The average Bonchev–Trinajstić information content (AvgIpc) is 2.81. The fraction of sp³-hybridized carbons (Fsp3) is 0.786. The van der Waals surface area contributed by atoms with E-state index in [1.54, 1.807) is 0 Å². The van der Waals surface area contributed by atoms with Crippen LogP contribution in [-0.4, -0.2) is 70.8 Å². The molecule has 2 aliphatic rings. The van der Waals surface area contributed by atoms with Gasteiger partial charge in [-0.25, -0.2) is 0 Å². The van der Waals surface area contributed by atoms with Crippen molar-refractivity contribution < 1.29 is 10.2 Å². The van der Waals surface area contributed by atoms with Crippen molar-refractivity contribution in [1.82, 2.24) is 9.80 Å². The molecule has 0 aliphatic carbocycles. The maximum Gasteiger partial charge on any atom is 0.101 e. The summed E-state index contributed by atoms with van der Waals surface area (Å²) in [5, 5.41) is 18.3. The van der Waals surface area contributed by atoms with Crippen molar-refractivity contribution in [3.05, 3.63) is 11.3 Å². The van der Waals surface area contributed by atoms with Crippen LogP contribution in [-0.2, 0) is 0 Å². The van der Waals surface area contributed by atoms with E-state index >= 15 is 0 Å². The summed E-state index contributed by atoms with van der Waals surface area (Å²) in [5.74, 6) is 1.09. The van der Waals surface area contributed by atoms with E-state index in [0.717, 1.165) is 18.8 Å². The van der Waals surface area contributed by atoms with Crippen molar-refractivity contribution in [2.24, 2.45) is 4.99 Å². The molecular formula is C14H25N3O2. The van der Waals surface area contributed by atoms with E-state index in [1.165, 1.54) is 11.3 Å². The largest absolute Gasteiger partial charge is 0.395 e. The number of aliphatic hydroxyl groups is 2. The number of rotatable bonds is 5. The molecule has 0 bridgehead atoms. The molecule has 2 rings (SSSR count). The van der Waals surface area contributed by atoms with Gasteiger partial charge in [0.05, 0.1) is 19.3 Å². The Bertz CT molecular complexity index is 386. The van der Waals surface area contributed by atoms with Gasteiger partial charge < -0.3 is 15.1 Å². The Morgan fingerprint density at radius 1 is 1.26 bits per heavy atom. The van der Waals surface area contributed by atoms with Crippen LogP contribution in [0.5, 0.6) is 0 Å². The first-order valence-electron chi connectivity index (χ1n) is 7.05. The predicted molar refractivity (Wildman–Crippen MR) is 76.1 cm³/mol. The van der Waals surface area contributed by atoms with Crippen molar-refractivity contribution in [1.29, 1.82) is 0 Å². The van der Waals surface area contributed by atoms with Crippen molar-refractivity contribution in [3.8, 4) is 0 Å². The van der Waals surface area contributed by atoms with Crippen LogP contribution in [0.4, 0.5) is 0 Å². The van der Waals surface area contributed by atoms with Gasteiger partial charge in [0, 0.05) is 37.8 Å². The lowest BCUT2D eigenvalue weighted by atomic mass is 10.0. The Morgan fingerprint density at radius 3 is 2.47 bits per heavy atom. The van der Waals surface area contributed by atoms with Crippen molar-refractivity contribution in [3.63, 3.8) is 0 Å². The maximum absolute atomic E-state index is 9.16. The summed E-state index contributed by atoms with van der Waals surface area (Å²) >= 11 is 0. The Balaban J connectivity index is 2.15. The van der Waals surface area contributed by atoms with Crippen LogP contribution in [0.1, 0.15) is 27.2 Å². The van der Waals surface area contributed by atoms with E-state index in [4.69, 9.17) is 10.2 Å². The highest BCUT2D eigenvalue weighted by atomic mass is 16.3. The van der Waals surface area contributed by atoms with E-state index in [9.17, 15) is 0 Å². The van der Waals surface area contributed by atoms with Crippen LogP contribution in [0.15, 0.2) is 16.3 Å². The van der Waals surface area contributed by atoms with Crippen LogP contribution >= 0.6 is 0 Å². The number of aliphatic hydroxyl groups excluding tert-OH is 2. The molecule has 108 valence electrons. The van der Waals surface area contributed by atoms with Crippen LogP contribution in [0.2, 0.25) is 0 Å². The number of fused-ring (bicyclic) bond motifs is 1. The van der Waals surface area contributed by atoms with Gasteiger partial charge in [0.1, 0.15) is 5.84 Å². The lowest BCUT2D eigenvalue weighted by molar-refractivity contribution is 0.126. The topological polar surface area (TPSA) is 59.3 Å². The summed E-state index contributed by atoms with van der Waals surface area (Å²) in [6.45, 7) is 8.79. The molecule has 5 nitrogen and oxygen atoms in total. The van der Waals surface area contributed by atoms with Gasteiger partial charge in [-0.2, -0.15) is 0 Å². The lowest BCUT2D eigenvalue weighted by Gasteiger charge is -2.29. The van der Waals surface area contributed by atoms with Crippen molar-refractivity contribution >= 4 is 5.84 Å². The summed E-state index contributed by atoms with van der Waals surface area (Å²) in [7, 11) is 0. The zero-order chi connectivity index (χ0) is 14.0. The standard InChI is InChI=1S/C14H25N3O2/c1-10-11(2)15-12(3)17-9-13(8-14(10)17)16(4-6-18)5-7-19/h11,13,18-19H,4-9H2,1-3H3/t11-,13?/m0/s1. The third-order valence-electron chi connectivity index (χ3n) is 4.29. The summed E-state index contributed by atoms with van der Waals surface area (Å²) in [6, 6.07) is 0.633. The Hall–Kier alpha value is -0.910. The molecule has 0 aromatic carbocycles. The molecule has 0 amide bonds. The molecule has 1 fully saturated rings. The monoisotopic (exact) mass is 267 g/mol. The Labute approximate surface area is 115 Å². The van der Waals surface area contributed by atoms with Crippen LogP contribution < -0.4 is 0 Å². The van der Waals surface area contributed by atoms with Gasteiger partial charge in [0.15, 0.2) is 0 Å². The molecule has 1 saturated heterocycles. The number of aliphatic imine (C=N–C) groups is 1. The lowest BCUT2D eigenvalue weighted by Crippen LogP contribution is -2.41. The van der Waals surface area contributed by atoms with Gasteiger partial charge in [-0.15, -0.1) is 0 Å². The number of amidine groups is 1. The van der Waals surface area contributed by atoms with Gasteiger partial charge in [-0.3, -0.25) is 9.89 Å². The summed E-state index contributed by atoms with van der Waals surface area (Å²) in [5.41, 5.74) is 2.73. The van der Waals surface area contributed by atoms with Gasteiger partial charge in [-0.1, -0.05) is 0 Å². The molecule has 0 spiro atoms. The Morgan fingerprint density at radius 2 is 1.89 bits per heavy atom. The van der Waals surface area contributed by atoms with Gasteiger partial charge in [-0.05, 0) is 26.3 Å². The SMILES string of the molecule is CC1=N[C@@H](C)C(C)=C2CC(N(CCO)CCO)CN12. The molecular weight excluding hydrogens is 242 g/mol. The van der Waals surface area contributed by atoms with E-state index in [-0.39, 0.29) is 19.3 Å². The minimum absolute atomic E-state index is 0.137. The fourth-order valence-electron chi connectivity index (χ4n) is 3.09. The average molecular weight is 267 g/mol. The van der Waals surface area contributed by atoms with Crippen LogP contribution in [0.3, 0.4) is 0 Å². The summed E-state index contributed by atoms with van der Waals surface area (Å²) in [6.07, 6.45) is 0.989. The molecule has 0 saturated carbocycles. The second-order valence-electron chi connectivity index (χ2n) is 5.43. The quantitative estimate of drug-likeness (QED) is 0.759. The zero-order valence-electron chi connectivity index (χ0n) is 12.1. The minimum Gasteiger partial charge on any atom is -0.395 e. The second kappa shape index (κ2) is 6.03. The van der Waals surface area contributed by atoms with E-state index in [2.05, 4.69) is 35.6 Å². The number of nitrogens with zero attached hydrogens (tertiary/aromatic N) is 3. The summed E-state index contributed by atoms with van der Waals surface area (Å²) < 4.78 is 0. The number of hydrogen-bond acceptors (Lipinski definition) is 5. The molecule has 5 heteroatoms. The predicted octanol–water partition coefficient (Wildman–Crippen LogP) is 0.442. The van der Waals surface area contributed by atoms with Crippen molar-refractivity contribution in [2.75, 3.05) is 32.8 Å². The van der Waals surface area contributed by atoms with Crippen molar-refractivity contribution in [2.45, 2.75) is 39.3 Å². The smallest absolute Gasteiger partial charge is 0.101 e. The first-order valence-corrected chi connectivity index (χ1v) is 7.05. The Kier molecular flexibility index (Phi) is 4.60. The third-order valence-corrected chi connectivity index (χ3v) is 4.29. The van der Waals surface area contributed by atoms with Crippen LogP contribution in [0, 0.1) is 0 Å². The molecule has 2 aliphatic heterocycles. The first-order chi connectivity index (χ1) is 9.08.